The molecule has 0 bridgehead atoms. The molecule has 1 unspecified atom stereocenters. The second kappa shape index (κ2) is 8.25. The normalized spacial score (nSPS) is 16.3. The van der Waals surface area contributed by atoms with Crippen molar-refractivity contribution in [2.45, 2.75) is 25.3 Å². The molecule has 3 aromatic rings. The van der Waals surface area contributed by atoms with Crippen LogP contribution < -0.4 is 4.74 Å². The molecule has 144 valence electrons. The highest BCUT2D eigenvalue weighted by atomic mass is 16.5. The van der Waals surface area contributed by atoms with Gasteiger partial charge in [-0.2, -0.15) is 0 Å². The van der Waals surface area contributed by atoms with Crippen LogP contribution in [0.5, 0.6) is 5.75 Å². The fraction of sp³-hybridized carbons (Fsp3) is 0.318. The molecule has 4 rings (SSSR count). The van der Waals surface area contributed by atoms with Crippen molar-refractivity contribution in [3.8, 4) is 17.0 Å². The fourth-order valence-electron chi connectivity index (χ4n) is 3.58. The summed E-state index contributed by atoms with van der Waals surface area (Å²) in [6, 6.07) is 18.1. The highest BCUT2D eigenvalue weighted by Gasteiger charge is 2.28. The maximum atomic E-state index is 12.6. The first kappa shape index (κ1) is 18.2. The van der Waals surface area contributed by atoms with E-state index in [0.29, 0.717) is 13.0 Å². The third-order valence-electron chi connectivity index (χ3n) is 5.26. The number of likely N-dealkylation sites (tertiary alicyclic amines) is 1. The third kappa shape index (κ3) is 4.06. The Balaban J connectivity index is 1.32. The molecule has 0 radical (unpaired) electrons. The molecule has 0 saturated carbocycles. The molecule has 1 aliphatic rings. The minimum absolute atomic E-state index is 0.190. The number of hydrogen-bond donors (Lipinski definition) is 0. The molecule has 2 heterocycles. The summed E-state index contributed by atoms with van der Waals surface area (Å²) in [5.41, 5.74) is 3.07. The van der Waals surface area contributed by atoms with Crippen molar-refractivity contribution in [3.63, 3.8) is 0 Å². The van der Waals surface area contributed by atoms with Gasteiger partial charge in [-0.3, -0.25) is 4.79 Å². The zero-order valence-corrected chi connectivity index (χ0v) is 16.0. The van der Waals surface area contributed by atoms with Crippen LogP contribution in [0.25, 0.3) is 11.3 Å². The van der Waals surface area contributed by atoms with Crippen molar-refractivity contribution in [1.29, 1.82) is 0 Å². The molecule has 0 aliphatic carbocycles. The lowest BCUT2D eigenvalue weighted by molar-refractivity contribution is -0.130. The van der Waals surface area contributed by atoms with Crippen molar-refractivity contribution >= 4 is 5.91 Å². The summed E-state index contributed by atoms with van der Waals surface area (Å²) < 4.78 is 7.07. The number of benzene rings is 2. The van der Waals surface area contributed by atoms with Gasteiger partial charge in [0.2, 0.25) is 5.91 Å². The van der Waals surface area contributed by atoms with Gasteiger partial charge in [0.05, 0.1) is 19.3 Å². The molecular weight excluding hydrogens is 352 g/mol. The number of nitrogens with zero attached hydrogens (tertiary/aromatic N) is 4. The smallest absolute Gasteiger partial charge is 0.222 e. The van der Waals surface area contributed by atoms with Crippen molar-refractivity contribution in [1.82, 2.24) is 19.9 Å². The lowest BCUT2D eigenvalue weighted by Gasteiger charge is -2.16. The Morgan fingerprint density at radius 3 is 2.68 bits per heavy atom. The van der Waals surface area contributed by atoms with Gasteiger partial charge in [-0.15, -0.1) is 5.10 Å². The lowest BCUT2D eigenvalue weighted by atomic mass is 10.1. The van der Waals surface area contributed by atoms with E-state index in [0.717, 1.165) is 42.0 Å². The van der Waals surface area contributed by atoms with Gasteiger partial charge in [0.1, 0.15) is 11.4 Å². The van der Waals surface area contributed by atoms with Gasteiger partial charge in [0.15, 0.2) is 0 Å². The first-order valence-corrected chi connectivity index (χ1v) is 9.61. The number of amides is 1. The topological polar surface area (TPSA) is 60.2 Å². The molecular formula is C22H24N4O2. The number of ether oxygens (including phenoxy) is 1. The van der Waals surface area contributed by atoms with E-state index >= 15 is 0 Å². The van der Waals surface area contributed by atoms with E-state index in [1.54, 1.807) is 7.11 Å². The standard InChI is InChI=1S/C22H24N4O2/c1-28-20-10-7-17(8-11-20)9-12-22(27)25-14-13-19(15-25)26-16-21(23-24-26)18-5-3-2-4-6-18/h2-8,10-11,16,19H,9,12-15H2,1H3. The minimum Gasteiger partial charge on any atom is -0.497 e. The van der Waals surface area contributed by atoms with Gasteiger partial charge in [0, 0.05) is 25.1 Å². The average molecular weight is 376 g/mol. The predicted octanol–water partition coefficient (Wildman–Crippen LogP) is 3.36. The van der Waals surface area contributed by atoms with Crippen LogP contribution in [-0.4, -0.2) is 46.0 Å². The van der Waals surface area contributed by atoms with E-state index in [1.807, 2.05) is 70.4 Å². The monoisotopic (exact) mass is 376 g/mol. The van der Waals surface area contributed by atoms with Crippen LogP contribution in [0.15, 0.2) is 60.8 Å². The van der Waals surface area contributed by atoms with Gasteiger partial charge in [-0.1, -0.05) is 47.7 Å². The summed E-state index contributed by atoms with van der Waals surface area (Å²) in [6.45, 7) is 1.46. The Hall–Kier alpha value is -3.15. The van der Waals surface area contributed by atoms with E-state index < -0.39 is 0 Å². The number of hydrogen-bond acceptors (Lipinski definition) is 4. The molecule has 1 aliphatic heterocycles. The molecule has 1 amide bonds. The van der Waals surface area contributed by atoms with Crippen LogP contribution in [0.1, 0.15) is 24.4 Å². The van der Waals surface area contributed by atoms with Gasteiger partial charge < -0.3 is 9.64 Å². The molecule has 6 nitrogen and oxygen atoms in total. The number of rotatable bonds is 6. The quantitative estimate of drug-likeness (QED) is 0.662. The molecule has 6 heteroatoms. The largest absolute Gasteiger partial charge is 0.497 e. The zero-order valence-electron chi connectivity index (χ0n) is 16.0. The average Bonchev–Trinajstić information content (AvgIpc) is 3.43. The van der Waals surface area contributed by atoms with Crippen molar-refractivity contribution in [2.24, 2.45) is 0 Å². The summed E-state index contributed by atoms with van der Waals surface area (Å²) in [6.07, 6.45) is 4.15. The van der Waals surface area contributed by atoms with E-state index in [4.69, 9.17) is 4.74 Å². The fourth-order valence-corrected chi connectivity index (χ4v) is 3.58. The molecule has 0 N–H and O–H groups in total. The second-order valence-electron chi connectivity index (χ2n) is 7.08. The highest BCUT2D eigenvalue weighted by Crippen LogP contribution is 2.24. The summed E-state index contributed by atoms with van der Waals surface area (Å²) in [5, 5.41) is 8.59. The molecule has 28 heavy (non-hydrogen) atoms. The maximum absolute atomic E-state index is 12.6. The predicted molar refractivity (Wildman–Crippen MR) is 107 cm³/mol. The molecule has 1 saturated heterocycles. The SMILES string of the molecule is COc1ccc(CCC(=O)N2CCC(n3cc(-c4ccccc4)nn3)C2)cc1. The van der Waals surface area contributed by atoms with E-state index in [1.165, 1.54) is 0 Å². The number of methoxy groups -OCH3 is 1. The van der Waals surface area contributed by atoms with Gasteiger partial charge >= 0.3 is 0 Å². The van der Waals surface area contributed by atoms with Crippen molar-refractivity contribution in [3.05, 3.63) is 66.4 Å². The van der Waals surface area contributed by atoms with Crippen molar-refractivity contribution < 1.29 is 9.53 Å². The van der Waals surface area contributed by atoms with Crippen LogP contribution in [0, 0.1) is 0 Å². The third-order valence-corrected chi connectivity index (χ3v) is 5.26. The number of carbonyl (C=O) groups excluding carboxylic acids is 1. The van der Waals surface area contributed by atoms with Crippen molar-refractivity contribution in [2.75, 3.05) is 20.2 Å². The minimum atomic E-state index is 0.190. The van der Waals surface area contributed by atoms with Crippen LogP contribution in [0.2, 0.25) is 0 Å². The molecule has 1 fully saturated rings. The van der Waals surface area contributed by atoms with Crippen LogP contribution in [0.4, 0.5) is 0 Å². The van der Waals surface area contributed by atoms with Crippen LogP contribution >= 0.6 is 0 Å². The Bertz CT molecular complexity index is 921. The van der Waals surface area contributed by atoms with E-state index in [2.05, 4.69) is 10.3 Å². The first-order valence-electron chi connectivity index (χ1n) is 9.61. The maximum Gasteiger partial charge on any atom is 0.222 e. The Morgan fingerprint density at radius 1 is 1.14 bits per heavy atom. The van der Waals surface area contributed by atoms with E-state index in [9.17, 15) is 4.79 Å². The van der Waals surface area contributed by atoms with Crippen LogP contribution in [0.3, 0.4) is 0 Å². The van der Waals surface area contributed by atoms with Gasteiger partial charge in [-0.25, -0.2) is 4.68 Å². The first-order chi connectivity index (χ1) is 13.7. The summed E-state index contributed by atoms with van der Waals surface area (Å²) in [7, 11) is 1.65. The molecule has 1 aromatic heterocycles. The number of aromatic nitrogens is 3. The Kier molecular flexibility index (Phi) is 5.37. The zero-order chi connectivity index (χ0) is 19.3. The molecule has 2 aromatic carbocycles. The molecule has 1 atom stereocenters. The van der Waals surface area contributed by atoms with Gasteiger partial charge in [0.25, 0.3) is 0 Å². The Labute approximate surface area is 164 Å². The van der Waals surface area contributed by atoms with Gasteiger partial charge in [-0.05, 0) is 30.5 Å². The summed E-state index contributed by atoms with van der Waals surface area (Å²) >= 11 is 0. The number of aryl methyl sites for hydroxylation is 1. The second-order valence-corrected chi connectivity index (χ2v) is 7.08. The highest BCUT2D eigenvalue weighted by molar-refractivity contribution is 5.76. The van der Waals surface area contributed by atoms with E-state index in [-0.39, 0.29) is 11.9 Å². The van der Waals surface area contributed by atoms with Crippen LogP contribution in [-0.2, 0) is 11.2 Å². The summed E-state index contributed by atoms with van der Waals surface area (Å²) in [4.78, 5) is 14.5. The Morgan fingerprint density at radius 2 is 1.93 bits per heavy atom. The lowest BCUT2D eigenvalue weighted by Crippen LogP contribution is -2.29. The number of carbonyl (C=O) groups is 1. The summed E-state index contributed by atoms with van der Waals surface area (Å²) in [5.74, 6) is 1.03. The molecule has 0 spiro atoms.